The lowest BCUT2D eigenvalue weighted by atomic mass is 10.0. The Labute approximate surface area is 191 Å². The van der Waals surface area contributed by atoms with E-state index in [0.717, 1.165) is 43.8 Å². The highest BCUT2D eigenvalue weighted by atomic mass is 16.5. The predicted octanol–water partition coefficient (Wildman–Crippen LogP) is 1.45. The quantitative estimate of drug-likeness (QED) is 0.522. The van der Waals surface area contributed by atoms with E-state index in [2.05, 4.69) is 4.90 Å². The van der Waals surface area contributed by atoms with Crippen LogP contribution in [0.25, 0.3) is 10.9 Å². The van der Waals surface area contributed by atoms with Crippen LogP contribution in [-0.4, -0.2) is 42.1 Å². The SMILES string of the molecule is COc1c(N2CC[C@H]([C@@H](N)COc3ccccc3)C2)ccc2c(=O)n(N)c(=O)n(C3CC3)c12. The second-order valence-electron chi connectivity index (χ2n) is 8.86. The third kappa shape index (κ3) is 3.82. The van der Waals surface area contributed by atoms with E-state index in [-0.39, 0.29) is 18.0 Å². The van der Waals surface area contributed by atoms with Crippen molar-refractivity contribution in [2.75, 3.05) is 37.5 Å². The van der Waals surface area contributed by atoms with Gasteiger partial charge in [-0.25, -0.2) is 4.79 Å². The summed E-state index contributed by atoms with van der Waals surface area (Å²) in [6, 6.07) is 13.2. The number of anilines is 1. The van der Waals surface area contributed by atoms with Gasteiger partial charge in [0.25, 0.3) is 5.56 Å². The minimum absolute atomic E-state index is 0.0365. The molecule has 1 aliphatic carbocycles. The molecule has 0 unspecified atom stereocenters. The molecule has 2 fully saturated rings. The Morgan fingerprint density at radius 2 is 1.85 bits per heavy atom. The lowest BCUT2D eigenvalue weighted by molar-refractivity contribution is 0.253. The molecule has 3 aromatic rings. The number of nitrogens with two attached hydrogens (primary N) is 2. The molecule has 2 aromatic carbocycles. The van der Waals surface area contributed by atoms with Crippen molar-refractivity contribution in [1.82, 2.24) is 9.24 Å². The van der Waals surface area contributed by atoms with E-state index in [9.17, 15) is 9.59 Å². The average Bonchev–Trinajstić information content (AvgIpc) is 3.55. The summed E-state index contributed by atoms with van der Waals surface area (Å²) in [5.41, 5.74) is 6.82. The minimum atomic E-state index is -0.517. The molecule has 9 nitrogen and oxygen atoms in total. The highest BCUT2D eigenvalue weighted by Gasteiger charge is 2.33. The van der Waals surface area contributed by atoms with Crippen LogP contribution in [0.1, 0.15) is 25.3 Å². The van der Waals surface area contributed by atoms with Gasteiger partial charge in [0.15, 0.2) is 5.75 Å². The number of ether oxygens (including phenoxy) is 2. The lowest BCUT2D eigenvalue weighted by Gasteiger charge is -2.25. The summed E-state index contributed by atoms with van der Waals surface area (Å²) in [6.07, 6.45) is 2.67. The van der Waals surface area contributed by atoms with Crippen LogP contribution in [0, 0.1) is 5.92 Å². The molecule has 2 atom stereocenters. The number of rotatable bonds is 7. The van der Waals surface area contributed by atoms with Crippen LogP contribution in [0.4, 0.5) is 5.69 Å². The van der Waals surface area contributed by atoms with Crippen LogP contribution >= 0.6 is 0 Å². The number of fused-ring (bicyclic) bond motifs is 1. The Kier molecular flexibility index (Phi) is 5.49. The van der Waals surface area contributed by atoms with Gasteiger partial charge >= 0.3 is 5.69 Å². The number of para-hydroxylation sites is 1. The normalized spacial score (nSPS) is 19.1. The van der Waals surface area contributed by atoms with E-state index in [1.165, 1.54) is 0 Å². The van der Waals surface area contributed by atoms with Crippen molar-refractivity contribution in [2.45, 2.75) is 31.3 Å². The second-order valence-corrected chi connectivity index (χ2v) is 8.86. The number of nitrogens with zero attached hydrogens (tertiary/aromatic N) is 3. The lowest BCUT2D eigenvalue weighted by Crippen LogP contribution is -2.44. The molecule has 4 N–H and O–H groups in total. The number of benzene rings is 2. The molecular weight excluding hydrogens is 422 g/mol. The fraction of sp³-hybridized carbons (Fsp3) is 0.417. The van der Waals surface area contributed by atoms with Gasteiger partial charge in [0, 0.05) is 25.2 Å². The molecule has 2 aliphatic rings. The van der Waals surface area contributed by atoms with Crippen molar-refractivity contribution in [3.63, 3.8) is 0 Å². The van der Waals surface area contributed by atoms with Gasteiger partial charge in [-0.1, -0.05) is 18.2 Å². The molecule has 5 rings (SSSR count). The summed E-state index contributed by atoms with van der Waals surface area (Å²) in [5.74, 6) is 7.37. The fourth-order valence-electron chi connectivity index (χ4n) is 4.72. The van der Waals surface area contributed by atoms with Gasteiger partial charge < -0.3 is 25.9 Å². The molecule has 2 heterocycles. The monoisotopic (exact) mass is 451 g/mol. The maximum atomic E-state index is 12.8. The smallest absolute Gasteiger partial charge is 0.350 e. The van der Waals surface area contributed by atoms with E-state index < -0.39 is 11.2 Å². The van der Waals surface area contributed by atoms with Gasteiger partial charge in [0.2, 0.25) is 0 Å². The average molecular weight is 452 g/mol. The second kappa shape index (κ2) is 8.47. The van der Waals surface area contributed by atoms with Crippen molar-refractivity contribution in [3.8, 4) is 11.5 Å². The minimum Gasteiger partial charge on any atom is -0.492 e. The molecule has 1 aromatic heterocycles. The van der Waals surface area contributed by atoms with E-state index in [1.807, 2.05) is 36.4 Å². The van der Waals surface area contributed by atoms with Crippen molar-refractivity contribution in [3.05, 3.63) is 63.3 Å². The summed E-state index contributed by atoms with van der Waals surface area (Å²) < 4.78 is 14.0. The Hall–Kier alpha value is -3.46. The predicted molar refractivity (Wildman–Crippen MR) is 128 cm³/mol. The molecular formula is C24H29N5O4. The molecule has 1 aliphatic heterocycles. The number of hydrogen-bond donors (Lipinski definition) is 2. The largest absolute Gasteiger partial charge is 0.492 e. The van der Waals surface area contributed by atoms with Gasteiger partial charge in [0.05, 0.1) is 18.2 Å². The molecule has 0 amide bonds. The zero-order chi connectivity index (χ0) is 23.1. The first-order valence-electron chi connectivity index (χ1n) is 11.3. The summed E-state index contributed by atoms with van der Waals surface area (Å²) in [6.45, 7) is 1.98. The fourth-order valence-corrected chi connectivity index (χ4v) is 4.72. The Bertz CT molecular complexity index is 1280. The van der Waals surface area contributed by atoms with Gasteiger partial charge in [0.1, 0.15) is 17.9 Å². The maximum Gasteiger partial charge on any atom is 0.350 e. The number of methoxy groups -OCH3 is 1. The third-order valence-corrected chi connectivity index (χ3v) is 6.69. The van der Waals surface area contributed by atoms with Gasteiger partial charge in [-0.15, -0.1) is 0 Å². The molecule has 1 saturated carbocycles. The standard InChI is InChI=1S/C24H29N5O4/c1-32-22-20(10-9-18-21(22)28(16-7-8-16)24(31)29(26)23(18)30)27-12-11-15(13-27)19(25)14-33-17-5-3-2-4-6-17/h2-6,9-10,15-16,19H,7-8,11-14,25-26H2,1H3/t15-,19-/m0/s1. The summed E-state index contributed by atoms with van der Waals surface area (Å²) >= 11 is 0. The van der Waals surface area contributed by atoms with Crippen molar-refractivity contribution in [2.24, 2.45) is 11.7 Å². The van der Waals surface area contributed by atoms with Crippen LogP contribution in [0.15, 0.2) is 52.1 Å². The number of nitrogen functional groups attached to an aromatic ring is 1. The molecule has 174 valence electrons. The zero-order valence-electron chi connectivity index (χ0n) is 18.6. The zero-order valence-corrected chi connectivity index (χ0v) is 18.6. The van der Waals surface area contributed by atoms with Gasteiger partial charge in [-0.3, -0.25) is 9.36 Å². The van der Waals surface area contributed by atoms with Crippen LogP contribution in [0.3, 0.4) is 0 Å². The van der Waals surface area contributed by atoms with E-state index in [1.54, 1.807) is 17.7 Å². The van der Waals surface area contributed by atoms with Gasteiger partial charge in [-0.05, 0) is 49.4 Å². The van der Waals surface area contributed by atoms with Crippen molar-refractivity contribution in [1.29, 1.82) is 0 Å². The van der Waals surface area contributed by atoms with Crippen molar-refractivity contribution >= 4 is 16.6 Å². The Morgan fingerprint density at radius 1 is 1.09 bits per heavy atom. The summed E-state index contributed by atoms with van der Waals surface area (Å²) in [7, 11) is 1.57. The molecule has 0 spiro atoms. The highest BCUT2D eigenvalue weighted by molar-refractivity contribution is 5.90. The highest BCUT2D eigenvalue weighted by Crippen LogP contribution is 2.42. The van der Waals surface area contributed by atoms with Crippen LogP contribution in [-0.2, 0) is 0 Å². The Balaban J connectivity index is 1.43. The number of hydrogen-bond acceptors (Lipinski definition) is 7. The first-order valence-corrected chi connectivity index (χ1v) is 11.3. The summed E-state index contributed by atoms with van der Waals surface area (Å²) in [5, 5.41) is 0.383. The van der Waals surface area contributed by atoms with Crippen LogP contribution < -0.4 is 37.2 Å². The van der Waals surface area contributed by atoms with E-state index >= 15 is 0 Å². The van der Waals surface area contributed by atoms with Crippen molar-refractivity contribution < 1.29 is 9.47 Å². The maximum absolute atomic E-state index is 12.8. The topological polar surface area (TPSA) is 118 Å². The van der Waals surface area contributed by atoms with Crippen LogP contribution in [0.5, 0.6) is 11.5 Å². The molecule has 1 saturated heterocycles. The first-order chi connectivity index (χ1) is 16.0. The first kappa shape index (κ1) is 21.4. The molecule has 0 radical (unpaired) electrons. The van der Waals surface area contributed by atoms with Crippen LogP contribution in [0.2, 0.25) is 0 Å². The molecule has 33 heavy (non-hydrogen) atoms. The van der Waals surface area contributed by atoms with Gasteiger partial charge in [-0.2, -0.15) is 4.68 Å². The summed E-state index contributed by atoms with van der Waals surface area (Å²) in [4.78, 5) is 27.7. The number of aromatic nitrogens is 2. The third-order valence-electron chi connectivity index (χ3n) is 6.69. The molecule has 9 heteroatoms. The van der Waals surface area contributed by atoms with E-state index in [0.29, 0.717) is 27.9 Å². The molecule has 0 bridgehead atoms. The Morgan fingerprint density at radius 3 is 2.55 bits per heavy atom. The van der Waals surface area contributed by atoms with E-state index in [4.69, 9.17) is 21.1 Å².